The van der Waals surface area contributed by atoms with Crippen LogP contribution in [0.1, 0.15) is 11.3 Å². The SMILES string of the molecule is Cc1cc(NCc2ccccc2Cl)nc(N2CCN(C=O)CC2)n1. The molecule has 1 aliphatic rings. The fourth-order valence-corrected chi connectivity index (χ4v) is 2.84. The number of carbonyl (C=O) groups is 1. The topological polar surface area (TPSA) is 61.4 Å². The lowest BCUT2D eigenvalue weighted by Crippen LogP contribution is -2.46. The minimum absolute atomic E-state index is 0.606. The Bertz CT molecular complexity index is 716. The van der Waals surface area contributed by atoms with Crippen molar-refractivity contribution in [1.82, 2.24) is 14.9 Å². The Morgan fingerprint density at radius 2 is 1.96 bits per heavy atom. The number of hydrogen-bond donors (Lipinski definition) is 1. The molecule has 0 saturated carbocycles. The molecule has 1 fully saturated rings. The van der Waals surface area contributed by atoms with E-state index >= 15 is 0 Å². The van der Waals surface area contributed by atoms with E-state index in [4.69, 9.17) is 11.6 Å². The van der Waals surface area contributed by atoms with Crippen LogP contribution >= 0.6 is 11.6 Å². The number of amides is 1. The van der Waals surface area contributed by atoms with Crippen molar-refractivity contribution in [2.75, 3.05) is 36.4 Å². The largest absolute Gasteiger partial charge is 0.366 e. The number of nitrogens with zero attached hydrogens (tertiary/aromatic N) is 4. The molecule has 1 saturated heterocycles. The van der Waals surface area contributed by atoms with Crippen molar-refractivity contribution in [2.24, 2.45) is 0 Å². The maximum Gasteiger partial charge on any atom is 0.227 e. The molecular formula is C17H20ClN5O. The summed E-state index contributed by atoms with van der Waals surface area (Å²) in [6, 6.07) is 9.66. The van der Waals surface area contributed by atoms with Crippen molar-refractivity contribution in [3.05, 3.63) is 46.6 Å². The van der Waals surface area contributed by atoms with Crippen LogP contribution in [0.2, 0.25) is 5.02 Å². The highest BCUT2D eigenvalue weighted by Gasteiger charge is 2.18. The fraction of sp³-hybridized carbons (Fsp3) is 0.353. The van der Waals surface area contributed by atoms with Gasteiger partial charge in [-0.15, -0.1) is 0 Å². The molecule has 0 radical (unpaired) electrons. The highest BCUT2D eigenvalue weighted by molar-refractivity contribution is 6.31. The molecule has 6 nitrogen and oxygen atoms in total. The predicted octanol–water partition coefficient (Wildman–Crippen LogP) is 2.33. The maximum absolute atomic E-state index is 10.8. The van der Waals surface area contributed by atoms with Crippen LogP contribution in [0, 0.1) is 6.92 Å². The number of nitrogens with one attached hydrogen (secondary N) is 1. The standard InChI is InChI=1S/C17H20ClN5O/c1-13-10-16(19-11-14-4-2-3-5-15(14)18)21-17(20-13)23-8-6-22(12-24)7-9-23/h2-5,10,12H,6-9,11H2,1H3,(H,19,20,21). The second-order valence-corrected chi connectivity index (χ2v) is 6.18. The molecule has 2 aromatic rings. The fourth-order valence-electron chi connectivity index (χ4n) is 2.64. The van der Waals surface area contributed by atoms with Gasteiger partial charge in [-0.25, -0.2) is 4.98 Å². The third-order valence-corrected chi connectivity index (χ3v) is 4.38. The first kappa shape index (κ1) is 16.5. The first-order valence-electron chi connectivity index (χ1n) is 7.93. The van der Waals surface area contributed by atoms with Gasteiger partial charge in [0, 0.05) is 49.5 Å². The average molecular weight is 346 g/mol. The Labute approximate surface area is 146 Å². The summed E-state index contributed by atoms with van der Waals surface area (Å²) < 4.78 is 0. The molecule has 0 atom stereocenters. The molecule has 1 aromatic carbocycles. The number of benzene rings is 1. The molecular weight excluding hydrogens is 326 g/mol. The number of piperazine rings is 1. The molecule has 0 aliphatic carbocycles. The number of halogens is 1. The lowest BCUT2D eigenvalue weighted by molar-refractivity contribution is -0.118. The van der Waals surface area contributed by atoms with E-state index in [1.807, 2.05) is 37.3 Å². The summed E-state index contributed by atoms with van der Waals surface area (Å²) in [6.45, 7) is 5.44. The van der Waals surface area contributed by atoms with Gasteiger partial charge in [0.2, 0.25) is 12.4 Å². The van der Waals surface area contributed by atoms with Gasteiger partial charge in [0.25, 0.3) is 0 Å². The number of hydrogen-bond acceptors (Lipinski definition) is 5. The predicted molar refractivity (Wildman–Crippen MR) is 95.4 cm³/mol. The third kappa shape index (κ3) is 3.94. The van der Waals surface area contributed by atoms with Gasteiger partial charge in [0.05, 0.1) is 0 Å². The summed E-state index contributed by atoms with van der Waals surface area (Å²) in [6.07, 6.45) is 0.894. The van der Waals surface area contributed by atoms with Gasteiger partial charge < -0.3 is 15.1 Å². The molecule has 0 unspecified atom stereocenters. The second kappa shape index (κ2) is 7.49. The van der Waals surface area contributed by atoms with Crippen molar-refractivity contribution < 1.29 is 4.79 Å². The minimum Gasteiger partial charge on any atom is -0.366 e. The smallest absolute Gasteiger partial charge is 0.227 e. The molecule has 2 heterocycles. The van der Waals surface area contributed by atoms with Crippen molar-refractivity contribution in [3.8, 4) is 0 Å². The number of anilines is 2. The molecule has 1 aliphatic heterocycles. The molecule has 1 aromatic heterocycles. The molecule has 126 valence electrons. The number of aryl methyl sites for hydroxylation is 1. The van der Waals surface area contributed by atoms with E-state index in [9.17, 15) is 4.79 Å². The zero-order valence-electron chi connectivity index (χ0n) is 13.6. The summed E-state index contributed by atoms with van der Waals surface area (Å²) in [5.41, 5.74) is 1.93. The summed E-state index contributed by atoms with van der Waals surface area (Å²) in [5, 5.41) is 4.05. The Hall–Kier alpha value is -2.34. The summed E-state index contributed by atoms with van der Waals surface area (Å²) in [7, 11) is 0. The average Bonchev–Trinajstić information content (AvgIpc) is 2.61. The minimum atomic E-state index is 0.606. The van der Waals surface area contributed by atoms with E-state index in [2.05, 4.69) is 20.2 Å². The van der Waals surface area contributed by atoms with Crippen LogP contribution in [0.25, 0.3) is 0 Å². The van der Waals surface area contributed by atoms with E-state index in [0.29, 0.717) is 25.6 Å². The second-order valence-electron chi connectivity index (χ2n) is 5.77. The van der Waals surface area contributed by atoms with Gasteiger partial charge in [0.15, 0.2) is 0 Å². The van der Waals surface area contributed by atoms with Crippen molar-refractivity contribution in [1.29, 1.82) is 0 Å². The van der Waals surface area contributed by atoms with Gasteiger partial charge in [0.1, 0.15) is 5.82 Å². The van der Waals surface area contributed by atoms with Crippen LogP contribution in [0.4, 0.5) is 11.8 Å². The maximum atomic E-state index is 10.8. The van der Waals surface area contributed by atoms with Gasteiger partial charge >= 0.3 is 0 Å². The van der Waals surface area contributed by atoms with Gasteiger partial charge in [-0.05, 0) is 18.6 Å². The zero-order valence-corrected chi connectivity index (χ0v) is 14.3. The van der Waals surface area contributed by atoms with Crippen LogP contribution in [-0.2, 0) is 11.3 Å². The molecule has 0 bridgehead atoms. The van der Waals surface area contributed by atoms with Crippen LogP contribution in [0.3, 0.4) is 0 Å². The molecule has 0 spiro atoms. The number of aromatic nitrogens is 2. The lowest BCUT2D eigenvalue weighted by Gasteiger charge is -2.32. The third-order valence-electron chi connectivity index (χ3n) is 4.01. The molecule has 1 N–H and O–H groups in total. The van der Waals surface area contributed by atoms with E-state index in [1.54, 1.807) is 4.90 Å². The van der Waals surface area contributed by atoms with E-state index in [-0.39, 0.29) is 0 Å². The first-order chi connectivity index (χ1) is 11.7. The molecule has 3 rings (SSSR count). The Kier molecular flexibility index (Phi) is 5.15. The van der Waals surface area contributed by atoms with Crippen LogP contribution in [0.15, 0.2) is 30.3 Å². The van der Waals surface area contributed by atoms with E-state index in [1.165, 1.54) is 0 Å². The zero-order chi connectivity index (χ0) is 16.9. The Morgan fingerprint density at radius 1 is 1.21 bits per heavy atom. The molecule has 1 amide bonds. The molecule has 24 heavy (non-hydrogen) atoms. The quantitative estimate of drug-likeness (QED) is 0.843. The Morgan fingerprint density at radius 3 is 2.67 bits per heavy atom. The van der Waals surface area contributed by atoms with E-state index < -0.39 is 0 Å². The first-order valence-corrected chi connectivity index (χ1v) is 8.31. The monoisotopic (exact) mass is 345 g/mol. The lowest BCUT2D eigenvalue weighted by atomic mass is 10.2. The van der Waals surface area contributed by atoms with E-state index in [0.717, 1.165) is 41.6 Å². The Balaban J connectivity index is 1.70. The van der Waals surface area contributed by atoms with Gasteiger partial charge in [-0.3, -0.25) is 4.79 Å². The van der Waals surface area contributed by atoms with Crippen molar-refractivity contribution in [3.63, 3.8) is 0 Å². The van der Waals surface area contributed by atoms with Crippen LogP contribution < -0.4 is 10.2 Å². The number of rotatable bonds is 5. The van der Waals surface area contributed by atoms with Crippen LogP contribution in [0.5, 0.6) is 0 Å². The summed E-state index contributed by atoms with van der Waals surface area (Å²) in [4.78, 5) is 23.8. The van der Waals surface area contributed by atoms with Gasteiger partial charge in [-0.2, -0.15) is 4.98 Å². The van der Waals surface area contributed by atoms with Crippen molar-refractivity contribution >= 4 is 29.8 Å². The number of carbonyl (C=O) groups excluding carboxylic acids is 1. The highest BCUT2D eigenvalue weighted by atomic mass is 35.5. The summed E-state index contributed by atoms with van der Waals surface area (Å²) >= 11 is 6.19. The summed E-state index contributed by atoms with van der Waals surface area (Å²) in [5.74, 6) is 1.47. The highest BCUT2D eigenvalue weighted by Crippen LogP contribution is 2.19. The van der Waals surface area contributed by atoms with Crippen molar-refractivity contribution in [2.45, 2.75) is 13.5 Å². The van der Waals surface area contributed by atoms with Crippen LogP contribution in [-0.4, -0.2) is 47.5 Å². The normalized spacial score (nSPS) is 14.6. The van der Waals surface area contributed by atoms with Gasteiger partial charge in [-0.1, -0.05) is 29.8 Å². The molecule has 7 heteroatoms.